The largest absolute Gasteiger partial charge is 0.360 e. The van der Waals surface area contributed by atoms with Crippen LogP contribution in [0.2, 0.25) is 0 Å². The Bertz CT molecular complexity index is 1300. The smallest absolute Gasteiger partial charge is 0.307 e. The third-order valence-corrected chi connectivity index (χ3v) is 5.60. The monoisotopic (exact) mass is 435 g/mol. The molecular formula is C22H17N3O5S. The van der Waals surface area contributed by atoms with Gasteiger partial charge in [0, 0.05) is 29.3 Å². The zero-order chi connectivity index (χ0) is 22.2. The summed E-state index contributed by atoms with van der Waals surface area (Å²) in [5.74, 6) is 0.000783. The van der Waals surface area contributed by atoms with Crippen molar-refractivity contribution in [3.63, 3.8) is 0 Å². The van der Waals surface area contributed by atoms with Crippen molar-refractivity contribution in [3.05, 3.63) is 87.6 Å². The number of pyridine rings is 1. The summed E-state index contributed by atoms with van der Waals surface area (Å²) in [6, 6.07) is 19.3. The van der Waals surface area contributed by atoms with E-state index >= 15 is 0 Å². The van der Waals surface area contributed by atoms with Crippen molar-refractivity contribution in [3.8, 4) is 23.1 Å². The summed E-state index contributed by atoms with van der Waals surface area (Å²) in [6.45, 7) is 0. The molecule has 8 nitrogen and oxygen atoms in total. The lowest BCUT2D eigenvalue weighted by Gasteiger charge is -2.12. The molecule has 156 valence electrons. The van der Waals surface area contributed by atoms with Crippen LogP contribution in [0.15, 0.2) is 60.7 Å². The minimum absolute atomic E-state index is 0.0417. The van der Waals surface area contributed by atoms with Crippen LogP contribution in [0.1, 0.15) is 35.1 Å². The highest BCUT2D eigenvalue weighted by Crippen LogP contribution is 2.55. The molecule has 0 saturated heterocycles. The Morgan fingerprint density at radius 3 is 2.39 bits per heavy atom. The molecule has 1 heterocycles. The van der Waals surface area contributed by atoms with Crippen molar-refractivity contribution >= 4 is 15.8 Å². The molecule has 1 aromatic heterocycles. The van der Waals surface area contributed by atoms with E-state index in [-0.39, 0.29) is 29.0 Å². The van der Waals surface area contributed by atoms with Gasteiger partial charge in [-0.2, -0.15) is 13.7 Å². The number of rotatable bonds is 6. The molecule has 1 saturated carbocycles. The second-order valence-corrected chi connectivity index (χ2v) is 8.91. The first-order chi connectivity index (χ1) is 14.8. The van der Waals surface area contributed by atoms with Crippen LogP contribution in [0.5, 0.6) is 5.88 Å². The molecule has 4 rings (SSSR count). The van der Waals surface area contributed by atoms with Gasteiger partial charge in [-0.05, 0) is 41.7 Å². The van der Waals surface area contributed by atoms with Crippen molar-refractivity contribution in [2.45, 2.75) is 18.3 Å². The van der Waals surface area contributed by atoms with Crippen molar-refractivity contribution in [1.29, 1.82) is 5.26 Å². The minimum atomic E-state index is -3.92. The van der Waals surface area contributed by atoms with Crippen LogP contribution in [0.4, 0.5) is 5.69 Å². The maximum atomic E-state index is 11.8. The van der Waals surface area contributed by atoms with Crippen LogP contribution < -0.4 is 4.18 Å². The summed E-state index contributed by atoms with van der Waals surface area (Å²) in [5, 5.41) is 20.7. The fourth-order valence-corrected chi connectivity index (χ4v) is 4.03. The second kappa shape index (κ2) is 7.81. The summed E-state index contributed by atoms with van der Waals surface area (Å²) in [4.78, 5) is 14.8. The average Bonchev–Trinajstić information content (AvgIpc) is 3.54. The first-order valence-corrected chi connectivity index (χ1v) is 11.2. The Labute approximate surface area is 179 Å². The standard InChI is InChI=1S/C22H17N3O5S/c1-31(28,29)30-22-20(13-23)18(15-7-9-16(10-8-15)25(26)27)12-21(24-22)19-11-17(19)14-5-3-2-4-6-14/h2-10,12,17,19H,11H2,1H3. The predicted molar refractivity (Wildman–Crippen MR) is 113 cm³/mol. The van der Waals surface area contributed by atoms with E-state index in [1.807, 2.05) is 36.4 Å². The number of nitrogens with zero attached hydrogens (tertiary/aromatic N) is 3. The quantitative estimate of drug-likeness (QED) is 0.324. The zero-order valence-corrected chi connectivity index (χ0v) is 17.2. The Morgan fingerprint density at radius 1 is 1.13 bits per heavy atom. The Balaban J connectivity index is 1.81. The molecule has 0 radical (unpaired) electrons. The third kappa shape index (κ3) is 4.39. The average molecular weight is 435 g/mol. The van der Waals surface area contributed by atoms with E-state index in [0.29, 0.717) is 16.8 Å². The molecule has 0 amide bonds. The van der Waals surface area contributed by atoms with E-state index in [1.54, 1.807) is 6.07 Å². The number of nitro benzene ring substituents is 1. The molecule has 3 aromatic rings. The van der Waals surface area contributed by atoms with Gasteiger partial charge in [-0.15, -0.1) is 0 Å². The molecule has 1 aliphatic rings. The zero-order valence-electron chi connectivity index (χ0n) is 16.4. The van der Waals surface area contributed by atoms with Gasteiger partial charge in [0.05, 0.1) is 11.2 Å². The van der Waals surface area contributed by atoms with Gasteiger partial charge in [-0.3, -0.25) is 10.1 Å². The summed E-state index contributed by atoms with van der Waals surface area (Å²) in [5.41, 5.74) is 2.58. The van der Waals surface area contributed by atoms with E-state index < -0.39 is 15.0 Å². The number of non-ortho nitro benzene ring substituents is 1. The van der Waals surface area contributed by atoms with E-state index in [1.165, 1.54) is 24.3 Å². The molecule has 1 fully saturated rings. The van der Waals surface area contributed by atoms with Gasteiger partial charge in [0.1, 0.15) is 11.6 Å². The molecule has 0 bridgehead atoms. The summed E-state index contributed by atoms with van der Waals surface area (Å²) < 4.78 is 28.6. The van der Waals surface area contributed by atoms with E-state index in [2.05, 4.69) is 4.98 Å². The Hall–Kier alpha value is -3.77. The number of hydrogen-bond acceptors (Lipinski definition) is 7. The lowest BCUT2D eigenvalue weighted by atomic mass is 9.98. The normalized spacial score (nSPS) is 17.5. The second-order valence-electron chi connectivity index (χ2n) is 7.34. The number of benzene rings is 2. The van der Waals surface area contributed by atoms with Crippen LogP contribution in [0.3, 0.4) is 0 Å². The molecule has 0 spiro atoms. The lowest BCUT2D eigenvalue weighted by molar-refractivity contribution is -0.384. The summed E-state index contributed by atoms with van der Waals surface area (Å²) in [6.07, 6.45) is 1.72. The maximum absolute atomic E-state index is 11.8. The molecule has 9 heteroatoms. The van der Waals surface area contributed by atoms with Crippen molar-refractivity contribution in [2.24, 2.45) is 0 Å². The lowest BCUT2D eigenvalue weighted by Crippen LogP contribution is -2.10. The maximum Gasteiger partial charge on any atom is 0.307 e. The Kier molecular flexibility index (Phi) is 5.17. The molecular weight excluding hydrogens is 418 g/mol. The number of nitro groups is 1. The van der Waals surface area contributed by atoms with Crippen LogP contribution in [0, 0.1) is 21.4 Å². The van der Waals surface area contributed by atoms with Crippen LogP contribution in [-0.4, -0.2) is 24.6 Å². The minimum Gasteiger partial charge on any atom is -0.360 e. The highest BCUT2D eigenvalue weighted by atomic mass is 32.2. The fourth-order valence-electron chi connectivity index (χ4n) is 3.62. The fraction of sp³-hybridized carbons (Fsp3) is 0.182. The summed E-state index contributed by atoms with van der Waals surface area (Å²) in [7, 11) is -3.92. The molecule has 0 aliphatic heterocycles. The van der Waals surface area contributed by atoms with Gasteiger partial charge in [-0.1, -0.05) is 30.3 Å². The first-order valence-electron chi connectivity index (χ1n) is 9.41. The molecule has 0 N–H and O–H groups in total. The van der Waals surface area contributed by atoms with Crippen LogP contribution in [0.25, 0.3) is 11.1 Å². The third-order valence-electron chi connectivity index (χ3n) is 5.14. The van der Waals surface area contributed by atoms with Crippen LogP contribution in [-0.2, 0) is 10.1 Å². The number of aromatic nitrogens is 1. The highest BCUT2D eigenvalue weighted by molar-refractivity contribution is 7.86. The Morgan fingerprint density at radius 2 is 1.81 bits per heavy atom. The van der Waals surface area contributed by atoms with Gasteiger partial charge >= 0.3 is 10.1 Å². The topological polar surface area (TPSA) is 123 Å². The van der Waals surface area contributed by atoms with Gasteiger partial charge in [0.15, 0.2) is 0 Å². The van der Waals surface area contributed by atoms with Gasteiger partial charge < -0.3 is 4.18 Å². The van der Waals surface area contributed by atoms with Crippen LogP contribution >= 0.6 is 0 Å². The predicted octanol–water partition coefficient (Wildman–Crippen LogP) is 4.14. The van der Waals surface area contributed by atoms with Crippen molar-refractivity contribution in [1.82, 2.24) is 4.98 Å². The molecule has 2 aromatic carbocycles. The summed E-state index contributed by atoms with van der Waals surface area (Å²) >= 11 is 0. The van der Waals surface area contributed by atoms with E-state index in [9.17, 15) is 23.8 Å². The molecule has 2 atom stereocenters. The highest BCUT2D eigenvalue weighted by Gasteiger charge is 2.41. The van der Waals surface area contributed by atoms with Crippen molar-refractivity contribution in [2.75, 3.05) is 6.26 Å². The van der Waals surface area contributed by atoms with E-state index in [4.69, 9.17) is 4.18 Å². The SMILES string of the molecule is CS(=O)(=O)Oc1nc(C2CC2c2ccccc2)cc(-c2ccc([N+](=O)[O-])cc2)c1C#N. The number of hydrogen-bond donors (Lipinski definition) is 0. The van der Waals surface area contributed by atoms with Gasteiger partial charge in [0.2, 0.25) is 0 Å². The molecule has 1 aliphatic carbocycles. The van der Waals surface area contributed by atoms with E-state index in [0.717, 1.165) is 18.2 Å². The van der Waals surface area contributed by atoms with Crippen molar-refractivity contribution < 1.29 is 17.5 Å². The number of nitriles is 1. The van der Waals surface area contributed by atoms with Gasteiger partial charge in [0.25, 0.3) is 11.6 Å². The van der Waals surface area contributed by atoms with Gasteiger partial charge in [-0.25, -0.2) is 4.98 Å². The molecule has 2 unspecified atom stereocenters. The first kappa shape index (κ1) is 20.5. The molecule has 31 heavy (non-hydrogen) atoms.